The Hall–Kier alpha value is -0.890. The molecule has 2 aromatic rings. The lowest BCUT2D eigenvalue weighted by Crippen LogP contribution is -2.05. The lowest BCUT2D eigenvalue weighted by molar-refractivity contribution is 0.687. The highest BCUT2D eigenvalue weighted by Crippen LogP contribution is 2.44. The molecule has 1 N–H and O–H groups in total. The molecule has 0 spiro atoms. The van der Waals surface area contributed by atoms with E-state index in [4.69, 9.17) is 4.99 Å². The van der Waals surface area contributed by atoms with Crippen LogP contribution in [0.2, 0.25) is 0 Å². The van der Waals surface area contributed by atoms with Crippen molar-refractivity contribution in [1.29, 1.82) is 0 Å². The van der Waals surface area contributed by atoms with Gasteiger partial charge in [-0.3, -0.25) is 0 Å². The molecule has 1 aliphatic heterocycles. The summed E-state index contributed by atoms with van der Waals surface area (Å²) >= 11 is 4.94. The Balaban J connectivity index is 1.79. The van der Waals surface area contributed by atoms with Gasteiger partial charge in [-0.05, 0) is 124 Å². The van der Waals surface area contributed by atoms with Gasteiger partial charge in [0, 0.05) is 5.57 Å². The van der Waals surface area contributed by atoms with Gasteiger partial charge in [-0.1, -0.05) is 30.3 Å². The van der Waals surface area contributed by atoms with Crippen molar-refractivity contribution in [3.05, 3.63) is 73.3 Å². The third-order valence-electron chi connectivity index (χ3n) is 6.03. The second-order valence-electron chi connectivity index (χ2n) is 7.63. The number of benzene rings is 1. The standard InChI is InChI=1S/C23H22I2N2/c24-22-17-12-6-4-10-15(17)20(26-22)19(14-8-2-1-3-9-14)21-16-11-5-7-13-18(16)23(25)27-21/h1-3,8-9,26H,4-7,10-13H2/b21-19-. The number of aliphatic imine (C=N–C) groups is 1. The predicted octanol–water partition coefficient (Wildman–Crippen LogP) is 6.98. The Morgan fingerprint density at radius 1 is 0.815 bits per heavy atom. The monoisotopic (exact) mass is 580 g/mol. The fraction of sp³-hybridized carbons (Fsp3) is 0.348. The number of aromatic nitrogens is 1. The first-order chi connectivity index (χ1) is 13.2. The van der Waals surface area contributed by atoms with E-state index in [1.807, 2.05) is 0 Å². The van der Waals surface area contributed by atoms with Crippen LogP contribution in [-0.2, 0) is 12.8 Å². The van der Waals surface area contributed by atoms with E-state index in [0.29, 0.717) is 0 Å². The van der Waals surface area contributed by atoms with Gasteiger partial charge in [0.2, 0.25) is 0 Å². The summed E-state index contributed by atoms with van der Waals surface area (Å²) in [5.74, 6) is 0. The molecule has 1 aromatic carbocycles. The number of hydrogen-bond donors (Lipinski definition) is 1. The molecular formula is C23H22I2N2. The van der Waals surface area contributed by atoms with Gasteiger partial charge in [-0.2, -0.15) is 0 Å². The van der Waals surface area contributed by atoms with Crippen LogP contribution in [0, 0.1) is 3.70 Å². The van der Waals surface area contributed by atoms with Crippen LogP contribution in [0.5, 0.6) is 0 Å². The van der Waals surface area contributed by atoms with Gasteiger partial charge >= 0.3 is 0 Å². The van der Waals surface area contributed by atoms with Crippen LogP contribution in [0.25, 0.3) is 5.57 Å². The zero-order chi connectivity index (χ0) is 18.4. The highest BCUT2D eigenvalue weighted by molar-refractivity contribution is 14.1. The number of hydrogen-bond acceptors (Lipinski definition) is 1. The molecule has 5 rings (SSSR count). The van der Waals surface area contributed by atoms with Crippen LogP contribution in [0.1, 0.15) is 60.9 Å². The molecule has 3 aliphatic rings. The fourth-order valence-corrected chi connectivity index (χ4v) is 6.44. The van der Waals surface area contributed by atoms with E-state index >= 15 is 0 Å². The van der Waals surface area contributed by atoms with Gasteiger partial charge in [-0.25, -0.2) is 4.99 Å². The number of allylic oxidation sites excluding steroid dienone is 2. The van der Waals surface area contributed by atoms with Crippen LogP contribution < -0.4 is 0 Å². The molecule has 0 fully saturated rings. The van der Waals surface area contributed by atoms with Crippen LogP contribution in [0.4, 0.5) is 0 Å². The molecule has 2 nitrogen and oxygen atoms in total. The summed E-state index contributed by atoms with van der Waals surface area (Å²) in [7, 11) is 0. The highest BCUT2D eigenvalue weighted by atomic mass is 127. The second-order valence-corrected chi connectivity index (χ2v) is 9.74. The van der Waals surface area contributed by atoms with Crippen molar-refractivity contribution in [2.24, 2.45) is 4.99 Å². The topological polar surface area (TPSA) is 28.1 Å². The zero-order valence-corrected chi connectivity index (χ0v) is 19.6. The molecule has 0 saturated heterocycles. The average molecular weight is 580 g/mol. The number of fused-ring (bicyclic) bond motifs is 1. The zero-order valence-electron chi connectivity index (χ0n) is 15.2. The Labute approximate surface area is 187 Å². The van der Waals surface area contributed by atoms with E-state index < -0.39 is 0 Å². The number of aromatic amines is 1. The number of nitrogens with one attached hydrogen (secondary N) is 1. The van der Waals surface area contributed by atoms with Crippen molar-refractivity contribution >= 4 is 54.5 Å². The van der Waals surface area contributed by atoms with Gasteiger partial charge in [0.05, 0.1) is 15.1 Å². The minimum atomic E-state index is 1.16. The van der Waals surface area contributed by atoms with Gasteiger partial charge < -0.3 is 4.98 Å². The Morgan fingerprint density at radius 2 is 1.48 bits per heavy atom. The minimum absolute atomic E-state index is 1.16. The third kappa shape index (κ3) is 3.16. The smallest absolute Gasteiger partial charge is 0.105 e. The Bertz CT molecular complexity index is 993. The SMILES string of the molecule is IC1=N/C(=C(/c2ccccc2)c2[nH]c(I)c3c2CCCC3)C2=C1CCCC2. The predicted molar refractivity (Wildman–Crippen MR) is 130 cm³/mol. The molecule has 2 aliphatic carbocycles. The molecule has 138 valence electrons. The number of halogens is 2. The molecule has 27 heavy (non-hydrogen) atoms. The highest BCUT2D eigenvalue weighted by Gasteiger charge is 2.30. The maximum absolute atomic E-state index is 5.13. The van der Waals surface area contributed by atoms with Crippen molar-refractivity contribution in [2.45, 2.75) is 51.4 Å². The summed E-state index contributed by atoms with van der Waals surface area (Å²) in [5, 5.41) is 0. The summed E-state index contributed by atoms with van der Waals surface area (Å²) < 4.78 is 2.53. The van der Waals surface area contributed by atoms with Gasteiger partial charge in [0.25, 0.3) is 0 Å². The minimum Gasteiger partial charge on any atom is -0.349 e. The summed E-state index contributed by atoms with van der Waals surface area (Å²) in [5.41, 5.74) is 11.2. The lowest BCUT2D eigenvalue weighted by atomic mass is 9.86. The van der Waals surface area contributed by atoms with Gasteiger partial charge in [0.15, 0.2) is 0 Å². The molecule has 0 amide bonds. The van der Waals surface area contributed by atoms with E-state index in [1.165, 1.54) is 91.6 Å². The Kier molecular flexibility index (Phi) is 5.05. The maximum atomic E-state index is 5.13. The Morgan fingerprint density at radius 3 is 2.26 bits per heavy atom. The van der Waals surface area contributed by atoms with E-state index in [1.54, 1.807) is 5.56 Å². The quantitative estimate of drug-likeness (QED) is 0.372. The third-order valence-corrected chi connectivity index (χ3v) is 7.84. The average Bonchev–Trinajstić information content (AvgIpc) is 3.22. The lowest BCUT2D eigenvalue weighted by Gasteiger charge is -2.19. The summed E-state index contributed by atoms with van der Waals surface area (Å²) in [6.45, 7) is 0. The van der Waals surface area contributed by atoms with E-state index in [9.17, 15) is 0 Å². The van der Waals surface area contributed by atoms with Gasteiger partial charge in [-0.15, -0.1) is 0 Å². The number of nitrogens with zero attached hydrogens (tertiary/aromatic N) is 1. The molecule has 0 bridgehead atoms. The maximum Gasteiger partial charge on any atom is 0.105 e. The first-order valence-electron chi connectivity index (χ1n) is 9.90. The molecule has 4 heteroatoms. The van der Waals surface area contributed by atoms with Crippen molar-refractivity contribution in [3.8, 4) is 0 Å². The normalized spacial score (nSPS) is 21.0. The summed E-state index contributed by atoms with van der Waals surface area (Å²) in [6.07, 6.45) is 9.91. The van der Waals surface area contributed by atoms with E-state index in [2.05, 4.69) is 80.5 Å². The first kappa shape index (κ1) is 18.2. The van der Waals surface area contributed by atoms with Crippen molar-refractivity contribution in [3.63, 3.8) is 0 Å². The van der Waals surface area contributed by atoms with E-state index in [-0.39, 0.29) is 0 Å². The molecular weight excluding hydrogens is 558 g/mol. The van der Waals surface area contributed by atoms with Crippen molar-refractivity contribution < 1.29 is 0 Å². The number of H-pyrrole nitrogens is 1. The molecule has 0 atom stereocenters. The van der Waals surface area contributed by atoms with Crippen LogP contribution in [0.3, 0.4) is 0 Å². The summed E-state index contributed by atoms with van der Waals surface area (Å²) in [4.78, 5) is 8.91. The van der Waals surface area contributed by atoms with E-state index in [0.717, 1.165) is 6.42 Å². The largest absolute Gasteiger partial charge is 0.349 e. The molecule has 0 radical (unpaired) electrons. The first-order valence-corrected chi connectivity index (χ1v) is 12.1. The van der Waals surface area contributed by atoms with Crippen LogP contribution in [-0.4, -0.2) is 8.70 Å². The molecule has 1 aromatic heterocycles. The molecule has 2 heterocycles. The van der Waals surface area contributed by atoms with Crippen LogP contribution in [0.15, 0.2) is 52.2 Å². The van der Waals surface area contributed by atoms with Crippen molar-refractivity contribution in [2.75, 3.05) is 0 Å². The fourth-order valence-electron chi connectivity index (χ4n) is 4.74. The van der Waals surface area contributed by atoms with Crippen molar-refractivity contribution in [1.82, 2.24) is 4.98 Å². The molecule has 0 unspecified atom stereocenters. The number of rotatable bonds is 2. The summed E-state index contributed by atoms with van der Waals surface area (Å²) in [6, 6.07) is 10.9. The second kappa shape index (κ2) is 7.50. The van der Waals surface area contributed by atoms with Gasteiger partial charge in [0.1, 0.15) is 3.72 Å². The van der Waals surface area contributed by atoms with Crippen LogP contribution >= 0.6 is 45.2 Å². The molecule has 0 saturated carbocycles.